The van der Waals surface area contributed by atoms with Gasteiger partial charge in [-0.3, -0.25) is 4.79 Å². The van der Waals surface area contributed by atoms with Crippen LogP contribution in [0, 0.1) is 5.82 Å². The van der Waals surface area contributed by atoms with Crippen LogP contribution in [0.15, 0.2) is 24.3 Å². The Labute approximate surface area is 132 Å². The van der Waals surface area contributed by atoms with Gasteiger partial charge in [0.2, 0.25) is 5.91 Å². The van der Waals surface area contributed by atoms with Crippen molar-refractivity contribution in [3.8, 4) is 0 Å². The maximum Gasteiger partial charge on any atom is 0.230 e. The van der Waals surface area contributed by atoms with Gasteiger partial charge >= 0.3 is 0 Å². The maximum absolute atomic E-state index is 13.5. The van der Waals surface area contributed by atoms with Crippen LogP contribution in [0.1, 0.15) is 69.8 Å². The van der Waals surface area contributed by atoms with Crippen molar-refractivity contribution in [2.24, 2.45) is 0 Å². The molecule has 2 nitrogen and oxygen atoms in total. The van der Waals surface area contributed by atoms with Crippen molar-refractivity contribution in [2.75, 3.05) is 0 Å². The quantitative estimate of drug-likeness (QED) is 0.876. The number of benzene rings is 1. The highest BCUT2D eigenvalue weighted by Gasteiger charge is 2.46. The molecule has 1 N–H and O–H groups in total. The van der Waals surface area contributed by atoms with Gasteiger partial charge in [0, 0.05) is 6.04 Å². The second-order valence-electron chi connectivity index (χ2n) is 6.96. The zero-order valence-electron chi connectivity index (χ0n) is 13.2. The Morgan fingerprint density at radius 3 is 2.32 bits per heavy atom. The summed E-state index contributed by atoms with van der Waals surface area (Å²) in [5.74, 6) is -0.127. The van der Waals surface area contributed by atoms with Crippen molar-refractivity contribution in [1.82, 2.24) is 5.32 Å². The van der Waals surface area contributed by atoms with E-state index in [0.29, 0.717) is 6.04 Å². The molecule has 0 aromatic heterocycles. The van der Waals surface area contributed by atoms with Crippen LogP contribution < -0.4 is 5.32 Å². The Morgan fingerprint density at radius 2 is 1.73 bits per heavy atom. The highest BCUT2D eigenvalue weighted by atomic mass is 19.1. The van der Waals surface area contributed by atoms with Crippen LogP contribution in [0.25, 0.3) is 0 Å². The lowest BCUT2D eigenvalue weighted by Gasteiger charge is -2.42. The molecule has 0 bridgehead atoms. The average molecular weight is 303 g/mol. The predicted octanol–water partition coefficient (Wildman–Crippen LogP) is 4.48. The van der Waals surface area contributed by atoms with Gasteiger partial charge in [-0.05, 0) is 43.4 Å². The van der Waals surface area contributed by atoms with Crippen molar-refractivity contribution in [1.29, 1.82) is 0 Å². The zero-order valence-corrected chi connectivity index (χ0v) is 13.2. The summed E-state index contributed by atoms with van der Waals surface area (Å²) in [6, 6.07) is 6.91. The minimum Gasteiger partial charge on any atom is -0.353 e. The monoisotopic (exact) mass is 303 g/mol. The van der Waals surface area contributed by atoms with Crippen LogP contribution in [0.2, 0.25) is 0 Å². The van der Waals surface area contributed by atoms with Crippen molar-refractivity contribution >= 4 is 5.91 Å². The van der Waals surface area contributed by atoms with Crippen LogP contribution in [0.4, 0.5) is 4.39 Å². The number of nitrogens with one attached hydrogen (secondary N) is 1. The Balaban J connectivity index is 1.71. The van der Waals surface area contributed by atoms with Gasteiger partial charge in [0.1, 0.15) is 5.82 Å². The van der Waals surface area contributed by atoms with Crippen LogP contribution >= 0.6 is 0 Å². The third-order valence-electron chi connectivity index (χ3n) is 5.46. The molecule has 2 fully saturated rings. The van der Waals surface area contributed by atoms with Gasteiger partial charge in [-0.1, -0.05) is 50.7 Å². The first kappa shape index (κ1) is 15.5. The highest BCUT2D eigenvalue weighted by molar-refractivity contribution is 5.89. The lowest BCUT2D eigenvalue weighted by Crippen LogP contribution is -2.52. The van der Waals surface area contributed by atoms with E-state index in [2.05, 4.69) is 5.32 Å². The lowest BCUT2D eigenvalue weighted by molar-refractivity contribution is -0.130. The van der Waals surface area contributed by atoms with E-state index in [1.165, 1.54) is 44.2 Å². The van der Waals surface area contributed by atoms with E-state index >= 15 is 0 Å². The third-order valence-corrected chi connectivity index (χ3v) is 5.46. The molecule has 120 valence electrons. The number of hydrogen-bond acceptors (Lipinski definition) is 1. The molecule has 0 heterocycles. The molecule has 0 atom stereocenters. The second kappa shape index (κ2) is 6.80. The molecule has 0 spiro atoms. The standard InChI is InChI=1S/C19H26FNO/c20-16-9-6-8-15(14-16)19(12-7-13-19)18(22)21-17-10-4-2-1-3-5-11-17/h6,8-9,14,17H,1-5,7,10-13H2,(H,21,22). The SMILES string of the molecule is O=C(NC1CCCCCCC1)C1(c2cccc(F)c2)CCC1. The highest BCUT2D eigenvalue weighted by Crippen LogP contribution is 2.44. The summed E-state index contributed by atoms with van der Waals surface area (Å²) in [6.07, 6.45) is 11.2. The van der Waals surface area contributed by atoms with Crippen molar-refractivity contribution in [3.05, 3.63) is 35.6 Å². The normalized spacial score (nSPS) is 22.2. The second-order valence-corrected chi connectivity index (χ2v) is 6.96. The van der Waals surface area contributed by atoms with E-state index < -0.39 is 5.41 Å². The first-order chi connectivity index (χ1) is 10.7. The summed E-state index contributed by atoms with van der Waals surface area (Å²) in [5.41, 5.74) is 0.367. The van der Waals surface area contributed by atoms with Crippen LogP contribution in [0.3, 0.4) is 0 Å². The average Bonchev–Trinajstić information content (AvgIpc) is 2.40. The number of amides is 1. The maximum atomic E-state index is 13.5. The molecule has 1 aromatic carbocycles. The number of rotatable bonds is 3. The largest absolute Gasteiger partial charge is 0.353 e. The molecule has 1 aromatic rings. The topological polar surface area (TPSA) is 29.1 Å². The molecule has 2 saturated carbocycles. The van der Waals surface area contributed by atoms with Crippen LogP contribution in [-0.4, -0.2) is 11.9 Å². The molecule has 0 aliphatic heterocycles. The smallest absolute Gasteiger partial charge is 0.230 e. The number of hydrogen-bond donors (Lipinski definition) is 1. The molecule has 22 heavy (non-hydrogen) atoms. The van der Waals surface area contributed by atoms with Crippen molar-refractivity contribution < 1.29 is 9.18 Å². The fraction of sp³-hybridized carbons (Fsp3) is 0.632. The minimum atomic E-state index is -0.482. The Hall–Kier alpha value is -1.38. The van der Waals surface area contributed by atoms with E-state index in [0.717, 1.165) is 37.7 Å². The van der Waals surface area contributed by atoms with E-state index in [4.69, 9.17) is 0 Å². The first-order valence-electron chi connectivity index (χ1n) is 8.78. The van der Waals surface area contributed by atoms with E-state index in [-0.39, 0.29) is 11.7 Å². The summed E-state index contributed by atoms with van der Waals surface area (Å²) >= 11 is 0. The molecule has 2 aliphatic rings. The molecule has 3 rings (SSSR count). The fourth-order valence-corrected chi connectivity index (χ4v) is 3.89. The third kappa shape index (κ3) is 3.18. The summed E-state index contributed by atoms with van der Waals surface area (Å²) in [5, 5.41) is 3.29. The summed E-state index contributed by atoms with van der Waals surface area (Å²) in [7, 11) is 0. The molecular weight excluding hydrogens is 277 g/mol. The van der Waals surface area contributed by atoms with E-state index in [1.807, 2.05) is 6.07 Å². The lowest BCUT2D eigenvalue weighted by atomic mass is 9.63. The van der Waals surface area contributed by atoms with Gasteiger partial charge in [-0.25, -0.2) is 4.39 Å². The molecule has 3 heteroatoms. The Morgan fingerprint density at radius 1 is 1.05 bits per heavy atom. The first-order valence-corrected chi connectivity index (χ1v) is 8.78. The van der Waals surface area contributed by atoms with Crippen molar-refractivity contribution in [3.63, 3.8) is 0 Å². The molecule has 0 radical (unpaired) electrons. The minimum absolute atomic E-state index is 0.120. The van der Waals surface area contributed by atoms with Gasteiger partial charge in [-0.2, -0.15) is 0 Å². The van der Waals surface area contributed by atoms with Gasteiger partial charge in [0.25, 0.3) is 0 Å². The molecule has 2 aliphatic carbocycles. The summed E-state index contributed by atoms with van der Waals surface area (Å²) in [4.78, 5) is 12.9. The van der Waals surface area contributed by atoms with Crippen LogP contribution in [0.5, 0.6) is 0 Å². The van der Waals surface area contributed by atoms with Gasteiger partial charge in [0.05, 0.1) is 5.41 Å². The predicted molar refractivity (Wildman–Crippen MR) is 86.2 cm³/mol. The Bertz CT molecular complexity index is 516. The molecule has 0 unspecified atom stereocenters. The Kier molecular flexibility index (Phi) is 4.80. The van der Waals surface area contributed by atoms with Crippen LogP contribution in [-0.2, 0) is 10.2 Å². The van der Waals surface area contributed by atoms with Gasteiger partial charge in [-0.15, -0.1) is 0 Å². The number of halogens is 1. The molecule has 0 saturated heterocycles. The number of carbonyl (C=O) groups is 1. The molecular formula is C19H26FNO. The summed E-state index contributed by atoms with van der Waals surface area (Å²) in [6.45, 7) is 0. The van der Waals surface area contributed by atoms with Crippen molar-refractivity contribution in [2.45, 2.75) is 75.7 Å². The van der Waals surface area contributed by atoms with Gasteiger partial charge < -0.3 is 5.32 Å². The zero-order chi connectivity index (χ0) is 15.4. The van der Waals surface area contributed by atoms with Gasteiger partial charge in [0.15, 0.2) is 0 Å². The van der Waals surface area contributed by atoms with E-state index in [1.54, 1.807) is 6.07 Å². The van der Waals surface area contributed by atoms with E-state index in [9.17, 15) is 9.18 Å². The number of carbonyl (C=O) groups excluding carboxylic acids is 1. The molecule has 1 amide bonds. The summed E-state index contributed by atoms with van der Waals surface area (Å²) < 4.78 is 13.5. The fourth-order valence-electron chi connectivity index (χ4n) is 3.89.